The number of thioether (sulfide) groups is 1. The summed E-state index contributed by atoms with van der Waals surface area (Å²) < 4.78 is 5.44. The van der Waals surface area contributed by atoms with Crippen molar-refractivity contribution in [3.05, 3.63) is 36.8 Å². The molecule has 2 amide bonds. The van der Waals surface area contributed by atoms with Gasteiger partial charge in [0.05, 0.1) is 11.5 Å². The maximum Gasteiger partial charge on any atom is 0.317 e. The Morgan fingerprint density at radius 1 is 1.67 bits per heavy atom. The molecule has 0 spiro atoms. The average Bonchev–Trinajstić information content (AvgIpc) is 2.80. The zero-order valence-electron chi connectivity index (χ0n) is 10.3. The first-order valence-corrected chi connectivity index (χ1v) is 7.15. The normalized spacial score (nSPS) is 20.2. The Morgan fingerprint density at radius 2 is 2.56 bits per heavy atom. The Morgan fingerprint density at radius 3 is 3.28 bits per heavy atom. The molecule has 18 heavy (non-hydrogen) atoms. The molecule has 0 aliphatic carbocycles. The summed E-state index contributed by atoms with van der Waals surface area (Å²) in [4.78, 5) is 13.7. The fraction of sp³-hybridized carbons (Fsp3) is 0.462. The van der Waals surface area contributed by atoms with Crippen molar-refractivity contribution in [3.8, 4) is 0 Å². The van der Waals surface area contributed by atoms with Gasteiger partial charge in [0.1, 0.15) is 5.76 Å². The molecule has 0 bridgehead atoms. The van der Waals surface area contributed by atoms with Crippen LogP contribution in [0.2, 0.25) is 0 Å². The first-order valence-electron chi connectivity index (χ1n) is 6.10. The fourth-order valence-electron chi connectivity index (χ4n) is 1.95. The van der Waals surface area contributed by atoms with Gasteiger partial charge in [-0.2, -0.15) is 0 Å². The largest absolute Gasteiger partial charge is 0.468 e. The van der Waals surface area contributed by atoms with E-state index in [1.165, 1.54) is 0 Å². The molecule has 98 valence electrons. The number of carbonyl (C=O) groups is 1. The van der Waals surface area contributed by atoms with E-state index in [-0.39, 0.29) is 6.03 Å². The Bertz CT molecular complexity index is 392. The molecule has 4 nitrogen and oxygen atoms in total. The van der Waals surface area contributed by atoms with Crippen LogP contribution in [0.5, 0.6) is 0 Å². The molecule has 0 saturated carbocycles. The topological polar surface area (TPSA) is 45.5 Å². The van der Waals surface area contributed by atoms with Crippen molar-refractivity contribution < 1.29 is 9.21 Å². The van der Waals surface area contributed by atoms with Crippen LogP contribution >= 0.6 is 11.8 Å². The maximum atomic E-state index is 11.8. The van der Waals surface area contributed by atoms with Crippen molar-refractivity contribution in [2.45, 2.75) is 11.7 Å². The van der Waals surface area contributed by atoms with E-state index in [2.05, 4.69) is 11.9 Å². The zero-order chi connectivity index (χ0) is 12.8. The number of hydrogen-bond donors (Lipinski definition) is 1. The van der Waals surface area contributed by atoms with Gasteiger partial charge in [-0.25, -0.2) is 4.79 Å². The molecular formula is C13H18N2O2S. The van der Waals surface area contributed by atoms with E-state index < -0.39 is 0 Å². The monoisotopic (exact) mass is 266 g/mol. The molecule has 2 heterocycles. The van der Waals surface area contributed by atoms with E-state index >= 15 is 0 Å². The minimum Gasteiger partial charge on any atom is -0.468 e. The van der Waals surface area contributed by atoms with E-state index in [1.54, 1.807) is 12.3 Å². The second-order valence-electron chi connectivity index (χ2n) is 4.13. The van der Waals surface area contributed by atoms with Gasteiger partial charge in [0.2, 0.25) is 0 Å². The van der Waals surface area contributed by atoms with Gasteiger partial charge in [-0.15, -0.1) is 18.3 Å². The molecule has 1 atom stereocenters. The lowest BCUT2D eigenvalue weighted by Gasteiger charge is -2.20. The third-order valence-corrected chi connectivity index (χ3v) is 4.18. The van der Waals surface area contributed by atoms with Crippen LogP contribution in [0.4, 0.5) is 4.79 Å². The van der Waals surface area contributed by atoms with Gasteiger partial charge in [-0.3, -0.25) is 0 Å². The van der Waals surface area contributed by atoms with E-state index in [1.807, 2.05) is 28.8 Å². The summed E-state index contributed by atoms with van der Waals surface area (Å²) in [7, 11) is 0. The summed E-state index contributed by atoms with van der Waals surface area (Å²) in [6, 6.07) is 3.91. The van der Waals surface area contributed by atoms with Crippen LogP contribution in [0.25, 0.3) is 0 Å². The van der Waals surface area contributed by atoms with Crippen molar-refractivity contribution >= 4 is 17.8 Å². The number of furan rings is 1. The number of carbonyl (C=O) groups excluding carboxylic acids is 1. The first kappa shape index (κ1) is 13.1. The summed E-state index contributed by atoms with van der Waals surface area (Å²) in [5.41, 5.74) is 0. The third-order valence-electron chi connectivity index (χ3n) is 2.89. The summed E-state index contributed by atoms with van der Waals surface area (Å²) in [5, 5.41) is 3.17. The van der Waals surface area contributed by atoms with Crippen LogP contribution in [0, 0.1) is 0 Å². The fourth-order valence-corrected chi connectivity index (χ4v) is 3.13. The smallest absolute Gasteiger partial charge is 0.317 e. The summed E-state index contributed by atoms with van der Waals surface area (Å²) in [6.45, 7) is 5.66. The van der Waals surface area contributed by atoms with Crippen LogP contribution in [0.1, 0.15) is 17.4 Å². The number of nitrogens with zero attached hydrogens (tertiary/aromatic N) is 1. The minimum absolute atomic E-state index is 0.00408. The molecule has 5 heteroatoms. The average molecular weight is 266 g/mol. The standard InChI is InChI=1S/C13H18N2O2S/c1-2-6-14-13(16)15-7-5-12(18-10-8-15)11-4-3-9-17-11/h2-4,9,12H,1,5-8,10H2,(H,14,16). The molecule has 1 aliphatic rings. The van der Waals surface area contributed by atoms with E-state index in [0.29, 0.717) is 11.8 Å². The van der Waals surface area contributed by atoms with Gasteiger partial charge in [0.25, 0.3) is 0 Å². The van der Waals surface area contributed by atoms with Crippen LogP contribution in [0.3, 0.4) is 0 Å². The number of rotatable bonds is 3. The first-order chi connectivity index (χ1) is 8.81. The molecular weight excluding hydrogens is 248 g/mol. The summed E-state index contributed by atoms with van der Waals surface area (Å²) in [5.74, 6) is 1.95. The van der Waals surface area contributed by atoms with Gasteiger partial charge in [0.15, 0.2) is 0 Å². The highest BCUT2D eigenvalue weighted by molar-refractivity contribution is 7.99. The molecule has 2 rings (SSSR count). The van der Waals surface area contributed by atoms with Gasteiger partial charge in [-0.05, 0) is 18.6 Å². The maximum absolute atomic E-state index is 11.8. The lowest BCUT2D eigenvalue weighted by molar-refractivity contribution is 0.202. The molecule has 1 aromatic rings. The Balaban J connectivity index is 1.88. The molecule has 0 radical (unpaired) electrons. The number of nitrogens with one attached hydrogen (secondary N) is 1. The second kappa shape index (κ2) is 6.54. The highest BCUT2D eigenvalue weighted by Gasteiger charge is 2.23. The van der Waals surface area contributed by atoms with Crippen molar-refractivity contribution in [2.24, 2.45) is 0 Å². The van der Waals surface area contributed by atoms with E-state index in [9.17, 15) is 4.79 Å². The van der Waals surface area contributed by atoms with E-state index in [0.717, 1.165) is 31.0 Å². The summed E-state index contributed by atoms with van der Waals surface area (Å²) >= 11 is 1.85. The Kier molecular flexibility index (Phi) is 4.75. The van der Waals surface area contributed by atoms with Crippen molar-refractivity contribution in [1.82, 2.24) is 10.2 Å². The molecule has 1 N–H and O–H groups in total. The van der Waals surface area contributed by atoms with Gasteiger partial charge < -0.3 is 14.6 Å². The van der Waals surface area contributed by atoms with Gasteiger partial charge in [0, 0.05) is 25.4 Å². The second-order valence-corrected chi connectivity index (χ2v) is 5.44. The molecule has 0 aromatic carbocycles. The van der Waals surface area contributed by atoms with Crippen molar-refractivity contribution in [1.29, 1.82) is 0 Å². The number of urea groups is 1. The van der Waals surface area contributed by atoms with Crippen molar-refractivity contribution in [2.75, 3.05) is 25.4 Å². The Labute approximate surface area is 111 Å². The van der Waals surface area contributed by atoms with Gasteiger partial charge in [-0.1, -0.05) is 6.08 Å². The predicted molar refractivity (Wildman–Crippen MR) is 73.7 cm³/mol. The quantitative estimate of drug-likeness (QED) is 0.855. The lowest BCUT2D eigenvalue weighted by Crippen LogP contribution is -2.41. The highest BCUT2D eigenvalue weighted by atomic mass is 32.2. The summed E-state index contributed by atoms with van der Waals surface area (Å²) in [6.07, 6.45) is 4.32. The Hall–Kier alpha value is -1.36. The third kappa shape index (κ3) is 3.32. The lowest BCUT2D eigenvalue weighted by atomic mass is 10.2. The predicted octanol–water partition coefficient (Wildman–Crippen LogP) is 2.66. The highest BCUT2D eigenvalue weighted by Crippen LogP contribution is 2.34. The van der Waals surface area contributed by atoms with Crippen LogP contribution in [-0.2, 0) is 0 Å². The molecule has 1 aliphatic heterocycles. The van der Waals surface area contributed by atoms with Crippen LogP contribution in [-0.4, -0.2) is 36.3 Å². The zero-order valence-corrected chi connectivity index (χ0v) is 11.1. The SMILES string of the molecule is C=CCNC(=O)N1CCSC(c2ccco2)CC1. The number of hydrogen-bond acceptors (Lipinski definition) is 3. The van der Waals surface area contributed by atoms with Crippen LogP contribution in [0.15, 0.2) is 35.5 Å². The number of amides is 2. The molecule has 1 aromatic heterocycles. The van der Waals surface area contributed by atoms with E-state index in [4.69, 9.17) is 4.42 Å². The minimum atomic E-state index is -0.00408. The molecule has 1 saturated heterocycles. The molecule has 1 unspecified atom stereocenters. The molecule has 1 fully saturated rings. The van der Waals surface area contributed by atoms with Crippen molar-refractivity contribution in [3.63, 3.8) is 0 Å². The van der Waals surface area contributed by atoms with Gasteiger partial charge >= 0.3 is 6.03 Å². The van der Waals surface area contributed by atoms with Crippen LogP contribution < -0.4 is 5.32 Å².